The third-order valence-electron chi connectivity index (χ3n) is 3.91. The van der Waals surface area contributed by atoms with Crippen LogP contribution < -0.4 is 9.86 Å². The fraction of sp³-hybridized carbons (Fsp3) is 1.00. The first-order valence-corrected chi connectivity index (χ1v) is 12.1. The zero-order valence-corrected chi connectivity index (χ0v) is 18.3. The molecular weight excluding hydrogens is 450 g/mol. The molecule has 0 rings (SSSR count). The van der Waals surface area contributed by atoms with Gasteiger partial charge in [0.1, 0.15) is 0 Å². The van der Waals surface area contributed by atoms with Crippen molar-refractivity contribution in [2.24, 2.45) is 5.73 Å². The lowest BCUT2D eigenvalue weighted by Gasteiger charge is -2.29. The highest BCUT2D eigenvalue weighted by molar-refractivity contribution is 8.05. The smallest absolute Gasteiger partial charge is 0.325 e. The van der Waals surface area contributed by atoms with E-state index in [1.54, 1.807) is 0 Å². The van der Waals surface area contributed by atoms with E-state index in [1.807, 2.05) is 0 Å². The fourth-order valence-corrected chi connectivity index (χ4v) is 4.11. The fourth-order valence-electron chi connectivity index (χ4n) is 2.20. The Kier molecular flexibility index (Phi) is 13.0. The summed E-state index contributed by atoms with van der Waals surface area (Å²) in [6.45, 7) is 6.75. The third-order valence-corrected chi connectivity index (χ3v) is 6.89. The molecule has 0 aliphatic heterocycles. The molecule has 0 spiro atoms. The van der Waals surface area contributed by atoms with Crippen molar-refractivity contribution in [3.05, 3.63) is 0 Å². The molecule has 0 aliphatic rings. The van der Waals surface area contributed by atoms with Gasteiger partial charge in [0, 0.05) is 5.54 Å². The summed E-state index contributed by atoms with van der Waals surface area (Å²) in [5, 5.41) is 0. The largest absolute Gasteiger partial charge is 0.512 e. The van der Waals surface area contributed by atoms with Crippen LogP contribution in [0.15, 0.2) is 0 Å². The quantitative estimate of drug-likeness (QED) is 0.423. The van der Waals surface area contributed by atoms with E-state index >= 15 is 0 Å². The number of sulfonamides is 2. The van der Waals surface area contributed by atoms with E-state index in [4.69, 9.17) is 5.73 Å². The molecule has 0 radical (unpaired) electrons. The molecule has 0 aromatic carbocycles. The molecule has 0 fully saturated rings. The molecule has 14 heteroatoms. The van der Waals surface area contributed by atoms with Crippen molar-refractivity contribution in [1.29, 1.82) is 0 Å². The van der Waals surface area contributed by atoms with Gasteiger partial charge in [-0.15, -0.1) is 0 Å². The predicted octanol–water partition coefficient (Wildman–Crippen LogP) is 4.53. The second-order valence-electron chi connectivity index (χ2n) is 6.65. The van der Waals surface area contributed by atoms with E-state index in [0.29, 0.717) is 0 Å². The molecule has 0 aromatic heterocycles. The minimum atomic E-state index is -6.60. The molecular formula is C15H30F6N2O4S2. The van der Waals surface area contributed by atoms with Crippen molar-refractivity contribution in [1.82, 2.24) is 4.13 Å². The second kappa shape index (κ2) is 12.3. The first-order valence-electron chi connectivity index (χ1n) is 9.09. The Labute approximate surface area is 168 Å². The van der Waals surface area contributed by atoms with E-state index in [-0.39, 0.29) is 5.54 Å². The molecule has 6 nitrogen and oxygen atoms in total. The van der Waals surface area contributed by atoms with Crippen LogP contribution in [0.1, 0.15) is 78.6 Å². The van der Waals surface area contributed by atoms with Crippen LogP contribution in [-0.4, -0.2) is 33.4 Å². The van der Waals surface area contributed by atoms with Gasteiger partial charge in [0.2, 0.25) is 0 Å². The topological polar surface area (TPSA) is 106 Å². The molecule has 0 bridgehead atoms. The Morgan fingerprint density at radius 3 is 1.07 bits per heavy atom. The maximum absolute atomic E-state index is 11.5. The van der Waals surface area contributed by atoms with E-state index in [2.05, 4.69) is 20.8 Å². The van der Waals surface area contributed by atoms with Gasteiger partial charge in [-0.2, -0.15) is 26.3 Å². The van der Waals surface area contributed by atoms with E-state index in [1.165, 1.54) is 57.8 Å². The maximum atomic E-state index is 11.5. The van der Waals surface area contributed by atoms with Gasteiger partial charge in [0.25, 0.3) is 0 Å². The lowest BCUT2D eigenvalue weighted by molar-refractivity contribution is -0.0476. The number of nitrogens with two attached hydrogens (primary N) is 1. The van der Waals surface area contributed by atoms with Gasteiger partial charge in [-0.3, -0.25) is 0 Å². The van der Waals surface area contributed by atoms with Gasteiger partial charge < -0.3 is 5.73 Å². The minimum Gasteiger partial charge on any atom is -0.325 e. The molecule has 0 unspecified atom stereocenters. The lowest BCUT2D eigenvalue weighted by atomic mass is 9.84. The van der Waals surface area contributed by atoms with Crippen LogP contribution in [0, 0.1) is 0 Å². The predicted molar refractivity (Wildman–Crippen MR) is 98.6 cm³/mol. The van der Waals surface area contributed by atoms with Gasteiger partial charge in [-0.05, 0) is 19.3 Å². The standard InChI is InChI=1S/C13H29N.C2HF6NO4S2/c1-4-7-10-13(14,11-8-5-2)12-9-6-3;3-1(4,5)14(10,11)9-15(12,13)2(6,7)8/h4-12,14H2,1-3H3;9H. The van der Waals surface area contributed by atoms with Crippen LogP contribution >= 0.6 is 0 Å². The molecule has 0 atom stereocenters. The maximum Gasteiger partial charge on any atom is 0.512 e. The molecule has 178 valence electrons. The number of hydrogen-bond acceptors (Lipinski definition) is 5. The van der Waals surface area contributed by atoms with Crippen LogP contribution in [-0.2, 0) is 20.0 Å². The summed E-state index contributed by atoms with van der Waals surface area (Å²) >= 11 is 0. The van der Waals surface area contributed by atoms with Crippen LogP contribution in [0.25, 0.3) is 0 Å². The number of hydrogen-bond donors (Lipinski definition) is 2. The van der Waals surface area contributed by atoms with Crippen molar-refractivity contribution in [2.75, 3.05) is 0 Å². The van der Waals surface area contributed by atoms with Crippen molar-refractivity contribution in [2.45, 2.75) is 95.1 Å². The zero-order chi connectivity index (χ0) is 23.6. The highest BCUT2D eigenvalue weighted by Crippen LogP contribution is 2.27. The summed E-state index contributed by atoms with van der Waals surface area (Å²) in [5.74, 6) is 0. The van der Waals surface area contributed by atoms with Gasteiger partial charge in [-0.1, -0.05) is 63.4 Å². The van der Waals surface area contributed by atoms with Crippen LogP contribution in [0.4, 0.5) is 26.3 Å². The number of unbranched alkanes of at least 4 members (excludes halogenated alkanes) is 3. The van der Waals surface area contributed by atoms with Gasteiger partial charge in [-0.25, -0.2) is 16.8 Å². The summed E-state index contributed by atoms with van der Waals surface area (Å²) in [4.78, 5) is 0. The Bertz CT molecular complexity index is 598. The van der Waals surface area contributed by atoms with Crippen molar-refractivity contribution in [3.8, 4) is 0 Å². The number of rotatable bonds is 11. The van der Waals surface area contributed by atoms with Crippen molar-refractivity contribution in [3.63, 3.8) is 0 Å². The van der Waals surface area contributed by atoms with Crippen LogP contribution in [0.3, 0.4) is 0 Å². The number of alkyl halides is 6. The first kappa shape index (κ1) is 30.6. The summed E-state index contributed by atoms with van der Waals surface area (Å²) in [5.41, 5.74) is -5.68. The van der Waals surface area contributed by atoms with Gasteiger partial charge >= 0.3 is 31.1 Å². The SMILES string of the molecule is CCCCC(N)(CCCC)CCCC.O=S(=O)(NS(=O)(=O)C(F)(F)F)C(F)(F)F. The minimum absolute atomic E-state index is 0.155. The third kappa shape index (κ3) is 12.0. The summed E-state index contributed by atoms with van der Waals surface area (Å²) in [7, 11) is -13.2. The Morgan fingerprint density at radius 2 is 0.897 bits per heavy atom. The van der Waals surface area contributed by atoms with Crippen molar-refractivity contribution < 1.29 is 43.2 Å². The van der Waals surface area contributed by atoms with E-state index in [9.17, 15) is 43.2 Å². The average molecular weight is 481 g/mol. The Balaban J connectivity index is 0. The summed E-state index contributed by atoms with van der Waals surface area (Å²) in [6.07, 6.45) is 11.4. The summed E-state index contributed by atoms with van der Waals surface area (Å²) < 4.78 is 108. The molecule has 29 heavy (non-hydrogen) atoms. The highest BCUT2D eigenvalue weighted by atomic mass is 32.3. The van der Waals surface area contributed by atoms with E-state index < -0.39 is 35.2 Å². The Hall–Kier alpha value is -0.600. The number of halogens is 6. The monoisotopic (exact) mass is 480 g/mol. The molecule has 0 saturated heterocycles. The van der Waals surface area contributed by atoms with Crippen LogP contribution in [0.5, 0.6) is 0 Å². The number of nitrogens with one attached hydrogen (secondary N) is 1. The molecule has 0 aliphatic carbocycles. The summed E-state index contributed by atoms with van der Waals surface area (Å²) in [6, 6.07) is 0. The molecule has 0 saturated carbocycles. The zero-order valence-electron chi connectivity index (χ0n) is 16.7. The van der Waals surface area contributed by atoms with Crippen molar-refractivity contribution >= 4 is 20.0 Å². The average Bonchev–Trinajstić information content (AvgIpc) is 2.54. The molecule has 0 aromatic rings. The molecule has 0 amide bonds. The highest BCUT2D eigenvalue weighted by Gasteiger charge is 2.55. The van der Waals surface area contributed by atoms with Gasteiger partial charge in [0.15, 0.2) is 0 Å². The first-order chi connectivity index (χ1) is 12.9. The van der Waals surface area contributed by atoms with Gasteiger partial charge in [0.05, 0.1) is 0 Å². The van der Waals surface area contributed by atoms with E-state index in [0.717, 1.165) is 0 Å². The molecule has 3 N–H and O–H groups in total. The molecule has 0 heterocycles. The Morgan fingerprint density at radius 1 is 0.655 bits per heavy atom. The second-order valence-corrected chi connectivity index (χ2v) is 10.3. The van der Waals surface area contributed by atoms with Crippen LogP contribution in [0.2, 0.25) is 0 Å². The lowest BCUT2D eigenvalue weighted by Crippen LogP contribution is -2.45. The normalized spacial score (nSPS) is 13.7.